The van der Waals surface area contributed by atoms with Gasteiger partial charge in [0.25, 0.3) is 16.0 Å². The predicted octanol–water partition coefficient (Wildman–Crippen LogP) is 5.41. The van der Waals surface area contributed by atoms with Crippen LogP contribution in [0.3, 0.4) is 0 Å². The maximum absolute atomic E-state index is 13.4. The quantitative estimate of drug-likeness (QED) is 0.0823. The van der Waals surface area contributed by atoms with E-state index in [-0.39, 0.29) is 24.2 Å². The molecule has 0 spiro atoms. The summed E-state index contributed by atoms with van der Waals surface area (Å²) in [6.07, 6.45) is 1.95. The van der Waals surface area contributed by atoms with Crippen LogP contribution < -0.4 is 30.8 Å². The van der Waals surface area contributed by atoms with Crippen molar-refractivity contribution in [2.24, 2.45) is 0 Å². The monoisotopic (exact) mass is 761 g/mol. The maximum atomic E-state index is 13.4. The lowest BCUT2D eigenvalue weighted by atomic mass is 9.90. The number of rotatable bonds is 12. The van der Waals surface area contributed by atoms with Crippen molar-refractivity contribution in [1.29, 1.82) is 0 Å². The summed E-state index contributed by atoms with van der Waals surface area (Å²) < 4.78 is 44.4. The van der Waals surface area contributed by atoms with E-state index >= 15 is 0 Å². The van der Waals surface area contributed by atoms with Crippen LogP contribution in [0, 0.1) is 6.92 Å². The van der Waals surface area contributed by atoms with Crippen molar-refractivity contribution in [3.8, 4) is 28.3 Å². The van der Waals surface area contributed by atoms with Gasteiger partial charge in [-0.1, -0.05) is 37.3 Å². The van der Waals surface area contributed by atoms with Gasteiger partial charge in [-0.25, -0.2) is 14.6 Å². The zero-order chi connectivity index (χ0) is 38.9. The average Bonchev–Trinajstić information content (AvgIpc) is 3.63. The molecular weight excluding hydrogens is 721 g/mol. The Kier molecular flexibility index (Phi) is 10.2. The smallest absolute Gasteiger partial charge is 0.288 e. The van der Waals surface area contributed by atoms with E-state index in [9.17, 15) is 13.2 Å². The van der Waals surface area contributed by atoms with Gasteiger partial charge in [0, 0.05) is 47.8 Å². The number of imidazole rings is 1. The molecule has 7 rings (SSSR count). The van der Waals surface area contributed by atoms with Gasteiger partial charge < -0.3 is 25.2 Å². The van der Waals surface area contributed by atoms with Crippen LogP contribution in [0.4, 0.5) is 11.6 Å². The Balaban J connectivity index is 1.11. The molecule has 0 unspecified atom stereocenters. The number of amides is 1. The lowest BCUT2D eigenvalue weighted by molar-refractivity contribution is 0.0950. The number of ether oxygens (including phenoxy) is 1. The van der Waals surface area contributed by atoms with Crippen LogP contribution in [0.2, 0.25) is 0 Å². The Hall–Kier alpha value is -6.32. The summed E-state index contributed by atoms with van der Waals surface area (Å²) >= 11 is 0. The topological polar surface area (TPSA) is 182 Å². The van der Waals surface area contributed by atoms with E-state index in [1.165, 1.54) is 11.4 Å². The van der Waals surface area contributed by atoms with Crippen molar-refractivity contribution in [2.75, 3.05) is 37.7 Å². The van der Waals surface area contributed by atoms with E-state index < -0.39 is 10.1 Å². The fourth-order valence-electron chi connectivity index (χ4n) is 6.33. The zero-order valence-corrected chi connectivity index (χ0v) is 31.9. The molecule has 0 fully saturated rings. The van der Waals surface area contributed by atoms with E-state index in [1.54, 1.807) is 26.1 Å². The van der Waals surface area contributed by atoms with Gasteiger partial charge in [0.2, 0.25) is 17.2 Å². The minimum atomic E-state index is -3.75. The van der Waals surface area contributed by atoms with E-state index in [0.717, 1.165) is 44.1 Å². The molecular formula is C40H41N8O6S+. The van der Waals surface area contributed by atoms with Crippen molar-refractivity contribution >= 4 is 49.8 Å². The SMILES string of the molecule is CCCS(=O)(=O)ON(C)c1ccc2c(-c3ccc(C(=O)NCc4ccc(COc5nc(N)nc6nc[nH]c56)cc4)cc3C)c3ccc(=[N+](C)C)cc-3oc2c1. The third-order valence-electron chi connectivity index (χ3n) is 9.13. The molecule has 55 heavy (non-hydrogen) atoms. The highest BCUT2D eigenvalue weighted by atomic mass is 32.2. The highest BCUT2D eigenvalue weighted by Gasteiger charge is 2.22. The fraction of sp³-hybridized carbons (Fsp3) is 0.225. The number of fused-ring (bicyclic) bond motifs is 3. The molecule has 1 aliphatic carbocycles. The molecule has 0 saturated heterocycles. The first-order chi connectivity index (χ1) is 26.4. The van der Waals surface area contributed by atoms with Gasteiger partial charge in [0.05, 0.1) is 23.8 Å². The second kappa shape index (κ2) is 15.2. The third-order valence-corrected chi connectivity index (χ3v) is 10.5. The number of nitrogens with zero attached hydrogens (tertiary/aromatic N) is 5. The van der Waals surface area contributed by atoms with Crippen LogP contribution in [-0.4, -0.2) is 61.2 Å². The number of carbonyl (C=O) groups excluding carboxylic acids is 1. The molecule has 1 amide bonds. The average molecular weight is 762 g/mol. The lowest BCUT2D eigenvalue weighted by Crippen LogP contribution is -2.24. The van der Waals surface area contributed by atoms with Gasteiger partial charge in [-0.3, -0.25) is 4.79 Å². The first-order valence-corrected chi connectivity index (χ1v) is 19.2. The van der Waals surface area contributed by atoms with Crippen molar-refractivity contribution in [3.63, 3.8) is 0 Å². The number of hydrogen-bond donors (Lipinski definition) is 3. The number of aromatic amines is 1. The second-order valence-corrected chi connectivity index (χ2v) is 15.0. The maximum Gasteiger partial charge on any atom is 0.288 e. The summed E-state index contributed by atoms with van der Waals surface area (Å²) in [6.45, 7) is 4.35. The molecule has 4 N–H and O–H groups in total. The van der Waals surface area contributed by atoms with Gasteiger partial charge in [-0.15, -0.1) is 4.28 Å². The summed E-state index contributed by atoms with van der Waals surface area (Å²) in [4.78, 5) is 28.7. The number of H-pyrrole nitrogens is 1. The Bertz CT molecular complexity index is 2700. The van der Waals surface area contributed by atoms with Crippen molar-refractivity contribution < 1.29 is 26.7 Å². The van der Waals surface area contributed by atoms with Crippen LogP contribution >= 0.6 is 0 Å². The van der Waals surface area contributed by atoms with Crippen LogP contribution in [-0.2, 0) is 27.6 Å². The summed E-state index contributed by atoms with van der Waals surface area (Å²) in [5.41, 5.74) is 13.9. The number of hydroxylamine groups is 1. The minimum absolute atomic E-state index is 0.0796. The van der Waals surface area contributed by atoms with Crippen LogP contribution in [0.15, 0.2) is 89.6 Å². The van der Waals surface area contributed by atoms with Crippen LogP contribution in [0.1, 0.15) is 40.4 Å². The molecule has 0 bridgehead atoms. The number of carbonyl (C=O) groups is 1. The number of aromatic nitrogens is 4. The van der Waals surface area contributed by atoms with Gasteiger partial charge in [0.1, 0.15) is 37.6 Å². The highest BCUT2D eigenvalue weighted by Crippen LogP contribution is 2.42. The van der Waals surface area contributed by atoms with Crippen molar-refractivity contribution in [1.82, 2.24) is 29.8 Å². The van der Waals surface area contributed by atoms with E-state index in [4.69, 9.17) is 19.2 Å². The van der Waals surface area contributed by atoms with Crippen molar-refractivity contribution in [2.45, 2.75) is 33.4 Å². The van der Waals surface area contributed by atoms with Gasteiger partial charge >= 0.3 is 0 Å². The largest absolute Gasteiger partial charge is 0.471 e. The standard InChI is InChI=1S/C40H40N8O6S/c1-6-17-55(50,51)54-48(5)29-13-16-32-34(20-29)53-33-19-28(47(3)4)12-15-31(33)35(32)30-14-11-27(18-24(30)2)38(49)42-21-25-7-9-26(10-8-25)22-52-39-36-37(44-23-43-36)45-40(41)46-39/h7-16,18-20,23,41-42,49H,6,17,21-22H2,1-5H3/p+1. The Morgan fingerprint density at radius 2 is 1.75 bits per heavy atom. The molecule has 3 heterocycles. The normalized spacial score (nSPS) is 11.7. The number of anilines is 2. The van der Waals surface area contributed by atoms with Gasteiger partial charge in [-0.2, -0.15) is 18.4 Å². The minimum Gasteiger partial charge on any atom is -0.471 e. The van der Waals surface area contributed by atoms with E-state index in [0.29, 0.717) is 52.6 Å². The molecule has 0 saturated carbocycles. The highest BCUT2D eigenvalue weighted by molar-refractivity contribution is 7.86. The summed E-state index contributed by atoms with van der Waals surface area (Å²) in [5, 5.41) is 6.04. The molecule has 0 atom stereocenters. The molecule has 2 aliphatic rings. The number of benzene rings is 4. The molecule has 5 aromatic rings. The summed E-state index contributed by atoms with van der Waals surface area (Å²) in [6, 6.07) is 24.9. The Morgan fingerprint density at radius 3 is 2.49 bits per heavy atom. The lowest BCUT2D eigenvalue weighted by Gasteiger charge is -2.20. The number of nitrogen functional groups attached to an aromatic ring is 1. The number of aryl methyl sites for hydroxylation is 1. The Morgan fingerprint density at radius 1 is 0.982 bits per heavy atom. The summed E-state index contributed by atoms with van der Waals surface area (Å²) in [7, 11) is 1.73. The predicted molar refractivity (Wildman–Crippen MR) is 212 cm³/mol. The van der Waals surface area contributed by atoms with E-state index in [2.05, 4.69) is 25.3 Å². The molecule has 282 valence electrons. The van der Waals surface area contributed by atoms with Crippen LogP contribution in [0.5, 0.6) is 5.88 Å². The summed E-state index contributed by atoms with van der Waals surface area (Å²) in [5.74, 6) is 0.764. The van der Waals surface area contributed by atoms with E-state index in [1.807, 2.05) is 92.3 Å². The van der Waals surface area contributed by atoms with Crippen molar-refractivity contribution in [3.05, 3.63) is 113 Å². The molecule has 1 aliphatic heterocycles. The van der Waals surface area contributed by atoms with Gasteiger partial charge in [0.15, 0.2) is 5.65 Å². The molecule has 2 aromatic heterocycles. The first kappa shape index (κ1) is 37.0. The zero-order valence-electron chi connectivity index (χ0n) is 31.1. The fourth-order valence-corrected chi connectivity index (χ4v) is 7.34. The first-order valence-electron chi connectivity index (χ1n) is 17.6. The molecule has 3 aromatic carbocycles. The second-order valence-electron chi connectivity index (χ2n) is 13.4. The number of nitrogens with two attached hydrogens (primary N) is 1. The third kappa shape index (κ3) is 7.98. The molecule has 15 heteroatoms. The molecule has 14 nitrogen and oxygen atoms in total. The number of hydrogen-bond acceptors (Lipinski definition) is 11. The number of nitrogens with one attached hydrogen (secondary N) is 2. The van der Waals surface area contributed by atoms with Crippen LogP contribution in [0.25, 0.3) is 44.6 Å². The molecule has 0 radical (unpaired) electrons. The van der Waals surface area contributed by atoms with Gasteiger partial charge in [-0.05, 0) is 65.9 Å². The Labute approximate surface area is 317 Å².